The molecule has 0 saturated carbocycles. The molecule has 178 valence electrons. The number of rotatable bonds is 7. The largest absolute Gasteiger partial charge is 0.370 e. The number of amides is 1. The lowest BCUT2D eigenvalue weighted by molar-refractivity contribution is -0.129. The first-order valence-corrected chi connectivity index (χ1v) is 12.3. The van der Waals surface area contributed by atoms with Crippen molar-refractivity contribution in [2.45, 2.75) is 45.3 Å². The van der Waals surface area contributed by atoms with E-state index in [9.17, 15) is 14.0 Å². The fourth-order valence-electron chi connectivity index (χ4n) is 4.46. The Kier molecular flexibility index (Phi) is 6.26. The number of carbonyl (C=O) groups excluding carboxylic acids is 2. The van der Waals surface area contributed by atoms with Gasteiger partial charge in [-0.1, -0.05) is 0 Å². The van der Waals surface area contributed by atoms with Crippen LogP contribution in [-0.4, -0.2) is 57.3 Å². The van der Waals surface area contributed by atoms with Crippen LogP contribution in [0.15, 0.2) is 24.5 Å². The third-order valence-electron chi connectivity index (χ3n) is 6.29. The number of Topliss-reactive ketones (excluding diaryl/α,β-unsaturated/α-hetero) is 1. The summed E-state index contributed by atoms with van der Waals surface area (Å²) in [5.41, 5.74) is 1.69. The van der Waals surface area contributed by atoms with Crippen LogP contribution < -0.4 is 5.32 Å². The molecule has 34 heavy (non-hydrogen) atoms. The Labute approximate surface area is 200 Å². The molecule has 2 saturated heterocycles. The minimum absolute atomic E-state index is 0.139. The van der Waals surface area contributed by atoms with Crippen molar-refractivity contribution in [1.29, 1.82) is 0 Å². The van der Waals surface area contributed by atoms with Gasteiger partial charge in [0.05, 0.1) is 22.5 Å². The first kappa shape index (κ1) is 22.8. The van der Waals surface area contributed by atoms with E-state index in [1.54, 1.807) is 11.1 Å². The molecule has 0 spiro atoms. The van der Waals surface area contributed by atoms with Gasteiger partial charge in [0.15, 0.2) is 11.5 Å². The SMILES string of the molecule is Cc1cc2nc(N[C@@H](C)c3cncc(F)c3)nc(C(=O)N3CC(CC(=O)C4CCCO4)C3)c2s1. The van der Waals surface area contributed by atoms with Gasteiger partial charge in [-0.05, 0) is 44.4 Å². The van der Waals surface area contributed by atoms with Crippen LogP contribution in [-0.2, 0) is 9.53 Å². The van der Waals surface area contributed by atoms with E-state index < -0.39 is 5.82 Å². The number of fused-ring (bicyclic) bond motifs is 1. The van der Waals surface area contributed by atoms with Crippen molar-refractivity contribution in [2.75, 3.05) is 25.0 Å². The highest BCUT2D eigenvalue weighted by Crippen LogP contribution is 2.31. The lowest BCUT2D eigenvalue weighted by Gasteiger charge is -2.39. The summed E-state index contributed by atoms with van der Waals surface area (Å²) in [7, 11) is 0. The molecule has 5 heterocycles. The molecule has 10 heteroatoms. The van der Waals surface area contributed by atoms with Crippen LogP contribution in [0.25, 0.3) is 10.2 Å². The first-order chi connectivity index (χ1) is 16.4. The average molecular weight is 484 g/mol. The van der Waals surface area contributed by atoms with E-state index in [0.29, 0.717) is 48.8 Å². The Bertz CT molecular complexity index is 1240. The fraction of sp³-hybridized carbons (Fsp3) is 0.458. The van der Waals surface area contributed by atoms with Crippen LogP contribution >= 0.6 is 11.3 Å². The summed E-state index contributed by atoms with van der Waals surface area (Å²) in [5.74, 6) is 0.00718. The second-order valence-electron chi connectivity index (χ2n) is 9.02. The van der Waals surface area contributed by atoms with E-state index in [0.717, 1.165) is 28.6 Å². The molecule has 8 nitrogen and oxygen atoms in total. The number of anilines is 1. The molecule has 0 bridgehead atoms. The summed E-state index contributed by atoms with van der Waals surface area (Å²) < 4.78 is 19.8. The number of nitrogens with zero attached hydrogens (tertiary/aromatic N) is 4. The number of pyridine rings is 1. The molecular formula is C24H26FN5O3S. The monoisotopic (exact) mass is 483 g/mol. The zero-order valence-electron chi connectivity index (χ0n) is 19.1. The summed E-state index contributed by atoms with van der Waals surface area (Å²) in [4.78, 5) is 41.5. The van der Waals surface area contributed by atoms with E-state index in [4.69, 9.17) is 4.74 Å². The van der Waals surface area contributed by atoms with E-state index in [1.807, 2.05) is 19.9 Å². The summed E-state index contributed by atoms with van der Waals surface area (Å²) in [6, 6.07) is 3.03. The van der Waals surface area contributed by atoms with Crippen molar-refractivity contribution in [3.63, 3.8) is 0 Å². The molecule has 2 aliphatic heterocycles. The lowest BCUT2D eigenvalue weighted by Crippen LogP contribution is -2.51. The van der Waals surface area contributed by atoms with Crippen molar-refractivity contribution in [2.24, 2.45) is 5.92 Å². The molecule has 3 aromatic heterocycles. The van der Waals surface area contributed by atoms with E-state index in [2.05, 4.69) is 20.3 Å². The van der Waals surface area contributed by atoms with Gasteiger partial charge in [-0.25, -0.2) is 14.4 Å². The number of ether oxygens (including phenoxy) is 1. The minimum atomic E-state index is -0.419. The molecule has 1 amide bonds. The molecule has 2 atom stereocenters. The van der Waals surface area contributed by atoms with Crippen LogP contribution in [0.2, 0.25) is 0 Å². The van der Waals surface area contributed by atoms with Crippen molar-refractivity contribution in [3.8, 4) is 0 Å². The predicted octanol–water partition coefficient (Wildman–Crippen LogP) is 3.92. The summed E-state index contributed by atoms with van der Waals surface area (Å²) in [6.45, 7) is 5.53. The maximum absolute atomic E-state index is 13.6. The van der Waals surface area contributed by atoms with Crippen molar-refractivity contribution in [1.82, 2.24) is 19.9 Å². The number of hydrogen-bond acceptors (Lipinski definition) is 8. The topological polar surface area (TPSA) is 97.3 Å². The number of aromatic nitrogens is 3. The van der Waals surface area contributed by atoms with Gasteiger partial charge in [-0.15, -0.1) is 11.3 Å². The van der Waals surface area contributed by atoms with Gasteiger partial charge in [-0.2, -0.15) is 0 Å². The predicted molar refractivity (Wildman–Crippen MR) is 126 cm³/mol. The molecule has 1 N–H and O–H groups in total. The molecule has 1 unspecified atom stereocenters. The molecule has 2 fully saturated rings. The van der Waals surface area contributed by atoms with Crippen LogP contribution in [0.5, 0.6) is 0 Å². The van der Waals surface area contributed by atoms with Gasteiger partial charge in [0.2, 0.25) is 5.95 Å². The maximum Gasteiger partial charge on any atom is 0.274 e. The highest BCUT2D eigenvalue weighted by Gasteiger charge is 2.36. The van der Waals surface area contributed by atoms with Crippen LogP contribution in [0.3, 0.4) is 0 Å². The highest BCUT2D eigenvalue weighted by molar-refractivity contribution is 7.19. The van der Waals surface area contributed by atoms with E-state index in [1.165, 1.54) is 17.4 Å². The number of likely N-dealkylation sites (tertiary alicyclic amines) is 1. The van der Waals surface area contributed by atoms with Crippen molar-refractivity contribution in [3.05, 3.63) is 46.5 Å². The Morgan fingerprint density at radius 1 is 1.29 bits per heavy atom. The number of halogens is 1. The number of aryl methyl sites for hydroxylation is 1. The quantitative estimate of drug-likeness (QED) is 0.544. The summed E-state index contributed by atoms with van der Waals surface area (Å²) in [5, 5.41) is 3.17. The molecule has 0 aromatic carbocycles. The van der Waals surface area contributed by atoms with Gasteiger partial charge < -0.3 is 15.0 Å². The lowest BCUT2D eigenvalue weighted by atomic mass is 9.91. The summed E-state index contributed by atoms with van der Waals surface area (Å²) in [6.07, 6.45) is 4.63. The Balaban J connectivity index is 1.31. The molecule has 0 radical (unpaired) electrons. The Hall–Kier alpha value is -2.98. The normalized spacial score (nSPS) is 19.3. The van der Waals surface area contributed by atoms with E-state index in [-0.39, 0.29) is 29.8 Å². The smallest absolute Gasteiger partial charge is 0.274 e. The molecule has 5 rings (SSSR count). The first-order valence-electron chi connectivity index (χ1n) is 11.5. The van der Waals surface area contributed by atoms with Gasteiger partial charge in [0.1, 0.15) is 11.9 Å². The molecule has 0 aliphatic carbocycles. The average Bonchev–Trinajstić information content (AvgIpc) is 3.44. The Morgan fingerprint density at radius 3 is 2.85 bits per heavy atom. The third kappa shape index (κ3) is 4.65. The highest BCUT2D eigenvalue weighted by atomic mass is 32.1. The summed E-state index contributed by atoms with van der Waals surface area (Å²) >= 11 is 1.48. The number of carbonyl (C=O) groups is 2. The second-order valence-corrected chi connectivity index (χ2v) is 10.3. The van der Waals surface area contributed by atoms with Crippen LogP contribution in [0, 0.1) is 18.7 Å². The van der Waals surface area contributed by atoms with Gasteiger partial charge >= 0.3 is 0 Å². The van der Waals surface area contributed by atoms with Crippen molar-refractivity contribution < 1.29 is 18.7 Å². The number of ketones is 1. The van der Waals surface area contributed by atoms with Crippen LogP contribution in [0.4, 0.5) is 10.3 Å². The minimum Gasteiger partial charge on any atom is -0.370 e. The van der Waals surface area contributed by atoms with Crippen molar-refractivity contribution >= 4 is 39.2 Å². The second kappa shape index (κ2) is 9.34. The van der Waals surface area contributed by atoms with E-state index >= 15 is 0 Å². The van der Waals surface area contributed by atoms with Gasteiger partial charge in [0, 0.05) is 43.1 Å². The van der Waals surface area contributed by atoms with Gasteiger partial charge in [-0.3, -0.25) is 14.6 Å². The standard InChI is InChI=1S/C24H26FN5O3S/c1-13-6-18-22(34-13)21(29-24(28-18)27-14(2)16-8-17(25)10-26-9-16)23(32)30-11-15(12-30)7-19(31)20-4-3-5-33-20/h6,8-10,14-15,20H,3-5,7,11-12H2,1-2H3,(H,27,28,29)/t14-,20?/m0/s1. The van der Waals surface area contributed by atoms with Gasteiger partial charge in [0.25, 0.3) is 5.91 Å². The molecule has 2 aliphatic rings. The number of nitrogens with one attached hydrogen (secondary N) is 1. The number of thiophene rings is 1. The Morgan fingerprint density at radius 2 is 2.12 bits per heavy atom. The fourth-order valence-corrected chi connectivity index (χ4v) is 5.39. The zero-order chi connectivity index (χ0) is 23.8. The maximum atomic E-state index is 13.6. The molecular weight excluding hydrogens is 457 g/mol. The van der Waals surface area contributed by atoms with Crippen LogP contribution in [0.1, 0.15) is 53.2 Å². The zero-order valence-corrected chi connectivity index (χ0v) is 19.9. The molecule has 3 aromatic rings. The third-order valence-corrected chi connectivity index (χ3v) is 7.34. The number of hydrogen-bond donors (Lipinski definition) is 1.